The quantitative estimate of drug-likeness (QED) is 0.564. The molecule has 0 N–H and O–H groups in total. The standard InChI is InChI=1S/C14H12Cl4N3.ClH/c15-10-12(11(16)14(18)19-13(10)17)21-7-3-9(4-8-21)20-5-1-2-6-20;/h3-4,7-8H,1-2,5-6H2;1H/q+1;/p-1. The molecule has 8 heteroatoms. The highest BCUT2D eigenvalue weighted by atomic mass is 35.5. The minimum atomic E-state index is 0. The number of aromatic nitrogens is 2. The van der Waals surface area contributed by atoms with Crippen molar-refractivity contribution in [1.82, 2.24) is 4.98 Å². The highest BCUT2D eigenvalue weighted by Crippen LogP contribution is 2.34. The van der Waals surface area contributed by atoms with Crippen molar-refractivity contribution >= 4 is 52.1 Å². The summed E-state index contributed by atoms with van der Waals surface area (Å²) in [5, 5.41) is 0.837. The van der Waals surface area contributed by atoms with E-state index in [2.05, 4.69) is 9.88 Å². The van der Waals surface area contributed by atoms with Gasteiger partial charge in [-0.3, -0.25) is 0 Å². The van der Waals surface area contributed by atoms with Crippen molar-refractivity contribution < 1.29 is 17.0 Å². The van der Waals surface area contributed by atoms with Crippen LogP contribution in [-0.4, -0.2) is 18.1 Å². The molecule has 2 aromatic heterocycles. The maximum Gasteiger partial charge on any atom is 0.254 e. The van der Waals surface area contributed by atoms with Gasteiger partial charge >= 0.3 is 0 Å². The second kappa shape index (κ2) is 7.41. The first-order chi connectivity index (χ1) is 10.1. The van der Waals surface area contributed by atoms with Gasteiger partial charge in [0.1, 0.15) is 0 Å². The fourth-order valence-electron chi connectivity index (χ4n) is 2.46. The van der Waals surface area contributed by atoms with E-state index >= 15 is 0 Å². The van der Waals surface area contributed by atoms with Crippen LogP contribution in [0.25, 0.3) is 5.69 Å². The van der Waals surface area contributed by atoms with Crippen LogP contribution in [0.3, 0.4) is 0 Å². The Balaban J connectivity index is 0.00000176. The van der Waals surface area contributed by atoms with Crippen molar-refractivity contribution in [3.8, 4) is 5.69 Å². The topological polar surface area (TPSA) is 20.0 Å². The van der Waals surface area contributed by atoms with E-state index in [4.69, 9.17) is 46.4 Å². The van der Waals surface area contributed by atoms with E-state index in [0.717, 1.165) is 13.1 Å². The first kappa shape index (κ1) is 17.9. The first-order valence-corrected chi connectivity index (χ1v) is 8.06. The summed E-state index contributed by atoms with van der Waals surface area (Å²) in [5.74, 6) is 0. The van der Waals surface area contributed by atoms with Gasteiger partial charge in [0.2, 0.25) is 0 Å². The molecule has 0 atom stereocenters. The summed E-state index contributed by atoms with van der Waals surface area (Å²) in [7, 11) is 0. The number of hydrogen-bond donors (Lipinski definition) is 0. The van der Waals surface area contributed by atoms with Gasteiger partial charge in [-0.2, -0.15) is 4.57 Å². The molecule has 0 bridgehead atoms. The van der Waals surface area contributed by atoms with Crippen molar-refractivity contribution in [3.05, 3.63) is 44.9 Å². The van der Waals surface area contributed by atoms with Gasteiger partial charge in [0.05, 0.1) is 0 Å². The van der Waals surface area contributed by atoms with Gasteiger partial charge in [-0.25, -0.2) is 4.98 Å². The molecule has 0 radical (unpaired) electrons. The number of hydrogen-bond acceptors (Lipinski definition) is 2. The van der Waals surface area contributed by atoms with Crippen molar-refractivity contribution in [2.45, 2.75) is 12.8 Å². The molecule has 3 rings (SSSR count). The predicted molar refractivity (Wildman–Crippen MR) is 87.3 cm³/mol. The maximum absolute atomic E-state index is 6.20. The Labute approximate surface area is 155 Å². The molecule has 0 aliphatic carbocycles. The zero-order chi connectivity index (χ0) is 15.0. The summed E-state index contributed by atoms with van der Waals surface area (Å²) in [6.07, 6.45) is 6.27. The molecule has 1 saturated heterocycles. The smallest absolute Gasteiger partial charge is 0.254 e. The minimum absolute atomic E-state index is 0. The Morgan fingerprint density at radius 3 is 1.91 bits per heavy atom. The van der Waals surface area contributed by atoms with Crippen molar-refractivity contribution in [1.29, 1.82) is 0 Å². The second-order valence-corrected chi connectivity index (χ2v) is 6.30. The number of anilines is 1. The molecule has 118 valence electrons. The summed E-state index contributed by atoms with van der Waals surface area (Å²) >= 11 is 24.3. The summed E-state index contributed by atoms with van der Waals surface area (Å²) in [4.78, 5) is 6.23. The van der Waals surface area contributed by atoms with E-state index in [-0.39, 0.29) is 32.8 Å². The van der Waals surface area contributed by atoms with Crippen LogP contribution < -0.4 is 21.9 Å². The number of pyridine rings is 2. The molecule has 22 heavy (non-hydrogen) atoms. The van der Waals surface area contributed by atoms with Crippen molar-refractivity contribution in [2.24, 2.45) is 0 Å². The molecule has 3 nitrogen and oxygen atoms in total. The summed E-state index contributed by atoms with van der Waals surface area (Å²) in [5.41, 5.74) is 1.72. The van der Waals surface area contributed by atoms with Gasteiger partial charge < -0.3 is 17.3 Å². The van der Waals surface area contributed by atoms with Crippen LogP contribution in [0.1, 0.15) is 12.8 Å². The van der Waals surface area contributed by atoms with Crippen LogP contribution in [-0.2, 0) is 0 Å². The summed E-state index contributed by atoms with van der Waals surface area (Å²) < 4.78 is 1.80. The molecular weight excluding hydrogens is 387 g/mol. The van der Waals surface area contributed by atoms with Crippen LogP contribution in [0.4, 0.5) is 5.69 Å². The van der Waals surface area contributed by atoms with Crippen LogP contribution in [0.2, 0.25) is 20.4 Å². The lowest BCUT2D eigenvalue weighted by Gasteiger charge is -2.16. The van der Waals surface area contributed by atoms with Crippen molar-refractivity contribution in [2.75, 3.05) is 18.0 Å². The van der Waals surface area contributed by atoms with Gasteiger partial charge in [0, 0.05) is 30.9 Å². The summed E-state index contributed by atoms with van der Waals surface area (Å²) in [6, 6.07) is 4.06. The Morgan fingerprint density at radius 2 is 1.41 bits per heavy atom. The molecule has 1 aliphatic heterocycles. The molecule has 2 aromatic rings. The molecule has 0 amide bonds. The third-order valence-electron chi connectivity index (χ3n) is 3.52. The van der Waals surface area contributed by atoms with E-state index in [9.17, 15) is 0 Å². The van der Waals surface area contributed by atoms with Gasteiger partial charge in [0.25, 0.3) is 5.69 Å². The van der Waals surface area contributed by atoms with Gasteiger partial charge in [-0.15, -0.1) is 0 Å². The van der Waals surface area contributed by atoms with Crippen LogP contribution >= 0.6 is 46.4 Å². The third kappa shape index (κ3) is 3.39. The Morgan fingerprint density at radius 1 is 0.909 bits per heavy atom. The zero-order valence-electron chi connectivity index (χ0n) is 11.4. The van der Waals surface area contributed by atoms with E-state index in [1.165, 1.54) is 18.5 Å². The molecule has 3 heterocycles. The largest absolute Gasteiger partial charge is 1.00 e. The number of nitrogens with zero attached hydrogens (tertiary/aromatic N) is 3. The Hall–Kier alpha value is -0.450. The van der Waals surface area contributed by atoms with Gasteiger partial charge in [-0.1, -0.05) is 46.4 Å². The zero-order valence-corrected chi connectivity index (χ0v) is 15.1. The molecule has 1 fully saturated rings. The lowest BCUT2D eigenvalue weighted by atomic mass is 10.3. The van der Waals surface area contributed by atoms with Crippen LogP contribution in [0.5, 0.6) is 0 Å². The third-order valence-corrected chi connectivity index (χ3v) is 4.97. The lowest BCUT2D eigenvalue weighted by molar-refractivity contribution is -0.595. The van der Waals surface area contributed by atoms with E-state index in [1.807, 2.05) is 24.5 Å². The number of rotatable bonds is 2. The van der Waals surface area contributed by atoms with E-state index in [0.29, 0.717) is 5.69 Å². The second-order valence-electron chi connectivity index (χ2n) is 4.83. The van der Waals surface area contributed by atoms with Gasteiger partial charge in [-0.05, 0) is 12.8 Å². The molecule has 1 aliphatic rings. The van der Waals surface area contributed by atoms with Crippen LogP contribution in [0.15, 0.2) is 24.5 Å². The summed E-state index contributed by atoms with van der Waals surface area (Å²) in [6.45, 7) is 2.19. The van der Waals surface area contributed by atoms with Crippen LogP contribution in [0, 0.1) is 0 Å². The fraction of sp³-hybridized carbons (Fsp3) is 0.286. The lowest BCUT2D eigenvalue weighted by Crippen LogP contribution is -3.00. The van der Waals surface area contributed by atoms with E-state index < -0.39 is 0 Å². The maximum atomic E-state index is 6.20. The normalized spacial score (nSPS) is 14.1. The van der Waals surface area contributed by atoms with Crippen molar-refractivity contribution in [3.63, 3.8) is 0 Å². The Kier molecular flexibility index (Phi) is 6.03. The number of halogens is 5. The highest BCUT2D eigenvalue weighted by molar-refractivity contribution is 6.47. The van der Waals surface area contributed by atoms with Gasteiger partial charge in [0.15, 0.2) is 32.7 Å². The molecule has 0 aromatic carbocycles. The minimum Gasteiger partial charge on any atom is -1.00 e. The molecule has 0 spiro atoms. The predicted octanol–water partition coefficient (Wildman–Crippen LogP) is 1.58. The monoisotopic (exact) mass is 397 g/mol. The molecule has 0 unspecified atom stereocenters. The average molecular weight is 400 g/mol. The van der Waals surface area contributed by atoms with E-state index in [1.54, 1.807) is 4.57 Å². The first-order valence-electron chi connectivity index (χ1n) is 6.54. The fourth-order valence-corrected chi connectivity index (χ4v) is 3.36. The SMILES string of the molecule is Clc1nc(Cl)c(Cl)c(-[n+]2ccc(N3CCCC3)cc2)c1Cl.[Cl-]. The average Bonchev–Trinajstić information content (AvgIpc) is 3.00. The molecule has 0 saturated carbocycles. The highest BCUT2D eigenvalue weighted by Gasteiger charge is 2.24. The molecular formula is C14H12Cl5N3. The Bertz CT molecular complexity index is 643.